The second-order valence-electron chi connectivity index (χ2n) is 8.96. The van der Waals surface area contributed by atoms with E-state index in [1.165, 1.54) is 0 Å². The molecule has 7 aromatic rings. The molecule has 7 rings (SSSR count). The monoisotopic (exact) mass is 682 g/mol. The molecule has 1 aromatic carbocycles. The Morgan fingerprint density at radius 1 is 0.523 bits per heavy atom. The van der Waals surface area contributed by atoms with Crippen LogP contribution in [0.25, 0.3) is 44.6 Å². The van der Waals surface area contributed by atoms with E-state index in [-0.39, 0.29) is 19.5 Å². The number of aromatic nitrogens is 6. The van der Waals surface area contributed by atoms with Crippen LogP contribution < -0.4 is 10.6 Å². The Bertz CT molecular complexity index is 1750. The van der Waals surface area contributed by atoms with E-state index in [4.69, 9.17) is 12.2 Å². The van der Waals surface area contributed by atoms with Crippen molar-refractivity contribution in [2.45, 2.75) is 0 Å². The first-order chi connectivity index (χ1) is 21.2. The molecule has 6 aromatic heterocycles. The van der Waals surface area contributed by atoms with Gasteiger partial charge < -0.3 is 10.6 Å². The Hall–Kier alpha value is -5.05. The third kappa shape index (κ3) is 8.50. The summed E-state index contributed by atoms with van der Waals surface area (Å²) in [5, 5.41) is 8.71. The first kappa shape index (κ1) is 31.9. The predicted octanol–water partition coefficient (Wildman–Crippen LogP) is 6.98. The van der Waals surface area contributed by atoms with Crippen molar-refractivity contribution in [1.82, 2.24) is 35.2 Å². The van der Waals surface area contributed by atoms with Crippen molar-refractivity contribution >= 4 is 44.8 Å². The average molecular weight is 682 g/mol. The molecule has 0 aliphatic rings. The molecule has 0 fully saturated rings. The summed E-state index contributed by atoms with van der Waals surface area (Å²) in [7, 11) is 1.79. The van der Waals surface area contributed by atoms with Gasteiger partial charge in [0.1, 0.15) is 0 Å². The van der Waals surface area contributed by atoms with Crippen LogP contribution in [0.2, 0.25) is 0 Å². The van der Waals surface area contributed by atoms with Crippen LogP contribution in [-0.2, 0) is 19.5 Å². The number of thiocarbonyl (C=S) groups is 1. The minimum absolute atomic E-state index is 0. The molecule has 0 atom stereocenters. The fraction of sp³-hybridized carbons (Fsp3) is 0.0294. The van der Waals surface area contributed by atoms with Crippen molar-refractivity contribution in [3.8, 4) is 22.8 Å². The Kier molecular flexibility index (Phi) is 12.0. The van der Waals surface area contributed by atoms with Gasteiger partial charge in [0.25, 0.3) is 0 Å². The Balaban J connectivity index is 0.000000155. The largest absolute Gasteiger partial charge is 2.00 e. The minimum Gasteiger partial charge on any atom is -0.366 e. The van der Waals surface area contributed by atoms with E-state index in [9.17, 15) is 0 Å². The maximum Gasteiger partial charge on any atom is 2.00 e. The molecule has 0 aliphatic carbocycles. The Labute approximate surface area is 273 Å². The van der Waals surface area contributed by atoms with Gasteiger partial charge in [-0.25, -0.2) is 0 Å². The number of rotatable bonds is 3. The number of hydrogen-bond acceptors (Lipinski definition) is 7. The molecule has 8 nitrogen and oxygen atoms in total. The van der Waals surface area contributed by atoms with Gasteiger partial charge in [-0.1, -0.05) is 30.3 Å². The molecule has 0 amide bonds. The topological polar surface area (TPSA) is 101 Å². The second kappa shape index (κ2) is 16.6. The van der Waals surface area contributed by atoms with Gasteiger partial charge in [0, 0.05) is 55.0 Å². The van der Waals surface area contributed by atoms with Crippen LogP contribution in [0.1, 0.15) is 0 Å². The van der Waals surface area contributed by atoms with Gasteiger partial charge in [-0.2, -0.15) is 0 Å². The molecule has 0 saturated heterocycles. The summed E-state index contributed by atoms with van der Waals surface area (Å²) in [5.41, 5.74) is 6.37. The van der Waals surface area contributed by atoms with Crippen molar-refractivity contribution in [2.24, 2.45) is 0 Å². The summed E-state index contributed by atoms with van der Waals surface area (Å²) >= 11 is 5.16. The van der Waals surface area contributed by atoms with Crippen LogP contribution >= 0.6 is 12.2 Å². The van der Waals surface area contributed by atoms with Crippen LogP contribution in [0, 0.1) is 0 Å². The molecule has 216 valence electrons. The minimum atomic E-state index is 0. The van der Waals surface area contributed by atoms with Crippen molar-refractivity contribution in [2.75, 3.05) is 12.4 Å². The number of pyridine rings is 6. The maximum atomic E-state index is 5.16. The van der Waals surface area contributed by atoms with Gasteiger partial charge in [-0.15, -0.1) is 0 Å². The molecule has 0 bridgehead atoms. The molecular formula is C34H28N8RuS+2. The summed E-state index contributed by atoms with van der Waals surface area (Å²) in [4.78, 5) is 25.6. The number of nitrogens with one attached hydrogen (secondary N) is 2. The molecule has 0 unspecified atom stereocenters. The van der Waals surface area contributed by atoms with E-state index in [0.717, 1.165) is 50.3 Å². The van der Waals surface area contributed by atoms with Gasteiger partial charge in [-0.05, 0) is 85.0 Å². The fourth-order valence-corrected chi connectivity index (χ4v) is 4.23. The van der Waals surface area contributed by atoms with Gasteiger partial charge in [0.15, 0.2) is 5.11 Å². The van der Waals surface area contributed by atoms with Crippen LogP contribution in [0.5, 0.6) is 0 Å². The SMILES string of the molecule is CNC(=S)Nc1cc2cccnc2c2ncccc12.[Ru+2].c1ccc(-c2ccccn2)nc1.c1ccc(-c2ccccn2)nc1. The quantitative estimate of drug-likeness (QED) is 0.116. The summed E-state index contributed by atoms with van der Waals surface area (Å²) in [5.74, 6) is 0. The second-order valence-corrected chi connectivity index (χ2v) is 9.37. The average Bonchev–Trinajstić information content (AvgIpc) is 3.10. The third-order valence-electron chi connectivity index (χ3n) is 6.12. The molecular weight excluding hydrogens is 654 g/mol. The predicted molar refractivity (Wildman–Crippen MR) is 177 cm³/mol. The molecule has 0 aliphatic heterocycles. The zero-order valence-electron chi connectivity index (χ0n) is 23.7. The Morgan fingerprint density at radius 2 is 0.955 bits per heavy atom. The van der Waals surface area contributed by atoms with Crippen molar-refractivity contribution < 1.29 is 19.5 Å². The van der Waals surface area contributed by atoms with Crippen LogP contribution in [-0.4, -0.2) is 42.1 Å². The number of fused-ring (bicyclic) bond motifs is 3. The normalized spacial score (nSPS) is 9.84. The van der Waals surface area contributed by atoms with Gasteiger partial charge in [0.05, 0.1) is 39.5 Å². The number of hydrogen-bond donors (Lipinski definition) is 2. The standard InChI is InChI=1S/C14H12N4S.2C10H8N2.Ru/c1-15-14(19)18-11-8-9-4-2-6-16-12(9)13-10(11)5-3-7-17-13;2*1-3-7-11-9(5-1)10-6-2-4-8-12-10;/h2-8H,1H3,(H2,15,18,19);2*1-8H;/q;;;+2. The van der Waals surface area contributed by atoms with Gasteiger partial charge in [-0.3, -0.25) is 29.9 Å². The number of anilines is 1. The molecule has 0 radical (unpaired) electrons. The van der Waals surface area contributed by atoms with Gasteiger partial charge >= 0.3 is 19.5 Å². The van der Waals surface area contributed by atoms with E-state index in [0.29, 0.717) is 5.11 Å². The molecule has 6 heterocycles. The zero-order chi connectivity index (χ0) is 29.7. The summed E-state index contributed by atoms with van der Waals surface area (Å²) in [6.45, 7) is 0. The summed E-state index contributed by atoms with van der Waals surface area (Å²) < 4.78 is 0. The van der Waals surface area contributed by atoms with Crippen molar-refractivity contribution in [3.63, 3.8) is 0 Å². The van der Waals surface area contributed by atoms with Crippen LogP contribution in [0.15, 0.2) is 140 Å². The van der Waals surface area contributed by atoms with E-state index in [2.05, 4.69) is 40.5 Å². The van der Waals surface area contributed by atoms with E-state index in [1.54, 1.807) is 44.2 Å². The molecule has 0 spiro atoms. The van der Waals surface area contributed by atoms with Crippen LogP contribution in [0.3, 0.4) is 0 Å². The first-order valence-corrected chi connectivity index (χ1v) is 13.9. The van der Waals surface area contributed by atoms with E-state index in [1.807, 2.05) is 103 Å². The summed E-state index contributed by atoms with van der Waals surface area (Å²) in [6, 6.07) is 33.1. The van der Waals surface area contributed by atoms with Crippen molar-refractivity contribution in [3.05, 3.63) is 140 Å². The van der Waals surface area contributed by atoms with Crippen molar-refractivity contribution in [1.29, 1.82) is 0 Å². The fourth-order valence-electron chi connectivity index (χ4n) is 4.12. The number of benzene rings is 1. The first-order valence-electron chi connectivity index (χ1n) is 13.5. The molecule has 10 heteroatoms. The maximum absolute atomic E-state index is 5.16. The number of nitrogens with zero attached hydrogens (tertiary/aromatic N) is 6. The zero-order valence-corrected chi connectivity index (χ0v) is 26.3. The molecule has 2 N–H and O–H groups in total. The Morgan fingerprint density at radius 3 is 1.39 bits per heavy atom. The van der Waals surface area contributed by atoms with E-state index < -0.39 is 0 Å². The van der Waals surface area contributed by atoms with Crippen LogP contribution in [0.4, 0.5) is 5.69 Å². The summed E-state index contributed by atoms with van der Waals surface area (Å²) in [6.07, 6.45) is 10.6. The molecule has 0 saturated carbocycles. The third-order valence-corrected chi connectivity index (χ3v) is 6.43. The van der Waals surface area contributed by atoms with Gasteiger partial charge in [0.2, 0.25) is 0 Å². The smallest absolute Gasteiger partial charge is 0.366 e. The molecule has 44 heavy (non-hydrogen) atoms. The van der Waals surface area contributed by atoms with E-state index >= 15 is 0 Å².